The Morgan fingerprint density at radius 1 is 1.22 bits per heavy atom. The maximum atomic E-state index is 12.6. The number of carbonyl (C=O) groups is 2. The van der Waals surface area contributed by atoms with Crippen molar-refractivity contribution in [1.82, 2.24) is 19.6 Å². The molecule has 11 nitrogen and oxygen atoms in total. The number of nitrogen functional groups attached to an aromatic ring is 1. The molecule has 0 spiro atoms. The highest BCUT2D eigenvalue weighted by Gasteiger charge is 2.49. The summed E-state index contributed by atoms with van der Waals surface area (Å²) in [5.41, 5.74) is 8.40. The molecule has 0 saturated carbocycles. The fraction of sp³-hybridized carbons (Fsp3) is 0.292. The number of aryl methyl sites for hydroxylation is 1. The highest BCUT2D eigenvalue weighted by molar-refractivity contribution is 7.89. The summed E-state index contributed by atoms with van der Waals surface area (Å²) in [4.78, 5) is 33.6. The normalized spacial score (nSPS) is 15.0. The van der Waals surface area contributed by atoms with Crippen molar-refractivity contribution in [2.24, 2.45) is 0 Å². The van der Waals surface area contributed by atoms with Gasteiger partial charge in [-0.3, -0.25) is 14.6 Å². The number of pyridine rings is 2. The SMILES string of the molecule is CCS(=O)(=O)N1CC(CC#N)(NC(=O)C(=O)Nc2cc3cc(-c4cnccc4C)cc(N)c3cn2)C1. The second-order valence-corrected chi connectivity index (χ2v) is 11.0. The smallest absolute Gasteiger partial charge is 0.314 e. The van der Waals surface area contributed by atoms with E-state index in [2.05, 4.69) is 20.6 Å². The molecular weight excluding hydrogens is 482 g/mol. The number of carbonyl (C=O) groups excluding carboxylic acids is 2. The van der Waals surface area contributed by atoms with Gasteiger partial charge in [-0.25, -0.2) is 13.4 Å². The van der Waals surface area contributed by atoms with Gasteiger partial charge in [0.25, 0.3) is 0 Å². The van der Waals surface area contributed by atoms with Gasteiger partial charge in [0, 0.05) is 48.3 Å². The summed E-state index contributed by atoms with van der Waals surface area (Å²) in [6.07, 6.45) is 4.82. The Labute approximate surface area is 208 Å². The van der Waals surface area contributed by atoms with Crippen molar-refractivity contribution in [3.05, 3.63) is 48.4 Å². The van der Waals surface area contributed by atoms with Gasteiger partial charge < -0.3 is 16.4 Å². The molecule has 36 heavy (non-hydrogen) atoms. The number of hydrogen-bond donors (Lipinski definition) is 3. The van der Waals surface area contributed by atoms with E-state index in [-0.39, 0.29) is 31.1 Å². The van der Waals surface area contributed by atoms with E-state index in [1.54, 1.807) is 18.5 Å². The molecule has 0 bridgehead atoms. The van der Waals surface area contributed by atoms with Crippen molar-refractivity contribution in [1.29, 1.82) is 5.26 Å². The number of benzene rings is 1. The van der Waals surface area contributed by atoms with Crippen LogP contribution in [0.2, 0.25) is 0 Å². The number of hydrogen-bond acceptors (Lipinski definition) is 8. The molecule has 4 rings (SSSR count). The number of nitrogens with one attached hydrogen (secondary N) is 2. The molecule has 12 heteroatoms. The summed E-state index contributed by atoms with van der Waals surface area (Å²) in [5.74, 6) is -1.92. The molecule has 2 amide bonds. The van der Waals surface area contributed by atoms with Crippen LogP contribution >= 0.6 is 0 Å². The van der Waals surface area contributed by atoms with Crippen LogP contribution in [-0.2, 0) is 19.6 Å². The monoisotopic (exact) mass is 507 g/mol. The van der Waals surface area contributed by atoms with Crippen LogP contribution in [0, 0.1) is 18.3 Å². The predicted molar refractivity (Wildman–Crippen MR) is 135 cm³/mol. The fourth-order valence-electron chi connectivity index (χ4n) is 4.14. The van der Waals surface area contributed by atoms with Crippen molar-refractivity contribution in [3.63, 3.8) is 0 Å². The molecule has 4 N–H and O–H groups in total. The molecule has 0 aliphatic carbocycles. The van der Waals surface area contributed by atoms with Crippen LogP contribution in [0.3, 0.4) is 0 Å². The van der Waals surface area contributed by atoms with Crippen molar-refractivity contribution in [2.75, 3.05) is 29.9 Å². The van der Waals surface area contributed by atoms with Crippen LogP contribution in [0.15, 0.2) is 42.9 Å². The third-order valence-corrected chi connectivity index (χ3v) is 7.95. The summed E-state index contributed by atoms with van der Waals surface area (Å²) in [7, 11) is -3.46. The second-order valence-electron chi connectivity index (χ2n) is 8.74. The van der Waals surface area contributed by atoms with Gasteiger partial charge in [-0.2, -0.15) is 9.57 Å². The van der Waals surface area contributed by atoms with Crippen LogP contribution in [0.1, 0.15) is 18.9 Å². The average Bonchev–Trinajstić information content (AvgIpc) is 2.82. The minimum Gasteiger partial charge on any atom is -0.398 e. The number of nitrogens with zero attached hydrogens (tertiary/aromatic N) is 4. The summed E-state index contributed by atoms with van der Waals surface area (Å²) < 4.78 is 25.2. The number of anilines is 2. The zero-order valence-corrected chi connectivity index (χ0v) is 20.6. The lowest BCUT2D eigenvalue weighted by atomic mass is 9.89. The zero-order chi connectivity index (χ0) is 26.1. The molecule has 1 aromatic carbocycles. The van der Waals surface area contributed by atoms with Gasteiger partial charge in [-0.15, -0.1) is 0 Å². The second kappa shape index (κ2) is 9.52. The largest absolute Gasteiger partial charge is 0.398 e. The van der Waals surface area contributed by atoms with Gasteiger partial charge in [-0.1, -0.05) is 0 Å². The van der Waals surface area contributed by atoms with E-state index in [1.165, 1.54) is 17.4 Å². The first-order valence-electron chi connectivity index (χ1n) is 11.2. The number of aromatic nitrogens is 2. The van der Waals surface area contributed by atoms with E-state index in [4.69, 9.17) is 11.0 Å². The zero-order valence-electron chi connectivity index (χ0n) is 19.8. The van der Waals surface area contributed by atoms with Gasteiger partial charge >= 0.3 is 11.8 Å². The van der Waals surface area contributed by atoms with Crippen LogP contribution in [0.4, 0.5) is 11.5 Å². The van der Waals surface area contributed by atoms with Gasteiger partial charge in [0.1, 0.15) is 5.82 Å². The summed E-state index contributed by atoms with van der Waals surface area (Å²) in [5, 5.41) is 15.5. The maximum absolute atomic E-state index is 12.6. The maximum Gasteiger partial charge on any atom is 0.314 e. The molecule has 1 fully saturated rings. The molecule has 0 radical (unpaired) electrons. The van der Waals surface area contributed by atoms with Crippen molar-refractivity contribution < 1.29 is 18.0 Å². The Bertz CT molecular complexity index is 1510. The van der Waals surface area contributed by atoms with Crippen molar-refractivity contribution in [3.8, 4) is 17.2 Å². The van der Waals surface area contributed by atoms with E-state index in [1.807, 2.05) is 31.2 Å². The lowest BCUT2D eigenvalue weighted by Crippen LogP contribution is -2.72. The summed E-state index contributed by atoms with van der Waals surface area (Å²) in [6.45, 7) is 3.34. The van der Waals surface area contributed by atoms with E-state index in [0.29, 0.717) is 16.5 Å². The highest BCUT2D eigenvalue weighted by atomic mass is 32.2. The van der Waals surface area contributed by atoms with Gasteiger partial charge in [0.05, 0.1) is 23.8 Å². The highest BCUT2D eigenvalue weighted by Crippen LogP contribution is 2.31. The predicted octanol–water partition coefficient (Wildman–Crippen LogP) is 1.56. The molecule has 2 aromatic heterocycles. The Hall–Kier alpha value is -4.08. The van der Waals surface area contributed by atoms with Gasteiger partial charge in [-0.05, 0) is 54.6 Å². The summed E-state index contributed by atoms with van der Waals surface area (Å²) >= 11 is 0. The van der Waals surface area contributed by atoms with E-state index in [9.17, 15) is 18.0 Å². The van der Waals surface area contributed by atoms with E-state index < -0.39 is 27.4 Å². The van der Waals surface area contributed by atoms with Gasteiger partial charge in [0.15, 0.2) is 0 Å². The van der Waals surface area contributed by atoms with Crippen LogP contribution in [-0.4, -0.2) is 58.9 Å². The minimum absolute atomic E-state index is 0.0697. The quantitative estimate of drug-likeness (QED) is 0.333. The number of amides is 2. The summed E-state index contributed by atoms with van der Waals surface area (Å²) in [6, 6.07) is 9.17. The average molecular weight is 508 g/mol. The molecule has 0 atom stereocenters. The van der Waals surface area contributed by atoms with Crippen LogP contribution < -0.4 is 16.4 Å². The minimum atomic E-state index is -3.46. The van der Waals surface area contributed by atoms with Gasteiger partial charge in [0.2, 0.25) is 10.0 Å². The number of sulfonamides is 1. The number of nitriles is 1. The lowest BCUT2D eigenvalue weighted by molar-refractivity contribution is -0.138. The molecule has 186 valence electrons. The molecule has 1 aliphatic rings. The first kappa shape index (κ1) is 25.0. The number of fused-ring (bicyclic) bond motifs is 1. The topological polar surface area (TPSA) is 171 Å². The number of rotatable bonds is 6. The Kier molecular flexibility index (Phi) is 6.62. The van der Waals surface area contributed by atoms with Crippen LogP contribution in [0.25, 0.3) is 21.9 Å². The van der Waals surface area contributed by atoms with E-state index >= 15 is 0 Å². The van der Waals surface area contributed by atoms with Crippen molar-refractivity contribution in [2.45, 2.75) is 25.8 Å². The lowest BCUT2D eigenvalue weighted by Gasteiger charge is -2.48. The first-order valence-corrected chi connectivity index (χ1v) is 12.8. The van der Waals surface area contributed by atoms with E-state index in [0.717, 1.165) is 16.7 Å². The molecule has 3 heterocycles. The Morgan fingerprint density at radius 3 is 2.64 bits per heavy atom. The first-order chi connectivity index (χ1) is 17.1. The fourth-order valence-corrected chi connectivity index (χ4v) is 5.39. The third-order valence-electron chi connectivity index (χ3n) is 6.18. The standard InChI is InChI=1S/C24H25N7O4S/c1-3-36(34,35)31-13-24(14-31,5-6-25)30-23(33)22(32)29-21-10-17-8-16(9-20(26)19(17)12-28-21)18-11-27-7-4-15(18)2/h4,7-12H,3,5,13-14,26H2,1-2H3,(H,30,33)(H,28,29,32). The Morgan fingerprint density at radius 2 is 1.97 bits per heavy atom. The molecule has 1 saturated heterocycles. The molecular formula is C24H25N7O4S. The molecule has 3 aromatic rings. The number of nitrogens with two attached hydrogens (primary N) is 1. The van der Waals surface area contributed by atoms with Crippen molar-refractivity contribution >= 4 is 44.1 Å². The molecule has 0 unspecified atom stereocenters. The molecule has 1 aliphatic heterocycles. The van der Waals surface area contributed by atoms with Crippen LogP contribution in [0.5, 0.6) is 0 Å². The Balaban J connectivity index is 1.52. The third kappa shape index (κ3) is 4.84.